The van der Waals surface area contributed by atoms with Gasteiger partial charge in [0.1, 0.15) is 0 Å². The molecular weight excluding hydrogens is 244 g/mol. The molecule has 1 aromatic rings. The summed E-state index contributed by atoms with van der Waals surface area (Å²) in [6.07, 6.45) is 3.25. The summed E-state index contributed by atoms with van der Waals surface area (Å²) in [6, 6.07) is 2.08. The number of hydrogen-bond donors (Lipinski definition) is 1. The van der Waals surface area contributed by atoms with Gasteiger partial charge in [0.25, 0.3) is 5.91 Å². The van der Waals surface area contributed by atoms with E-state index in [0.29, 0.717) is 12.5 Å². The van der Waals surface area contributed by atoms with Crippen LogP contribution >= 0.6 is 11.3 Å². The third kappa shape index (κ3) is 2.75. The van der Waals surface area contributed by atoms with Gasteiger partial charge in [0.2, 0.25) is 0 Å². The number of likely N-dealkylation sites (tertiary alicyclic amines) is 1. The summed E-state index contributed by atoms with van der Waals surface area (Å²) in [5.41, 5.74) is 7.00. The lowest BCUT2D eigenvalue weighted by molar-refractivity contribution is 0.0792. The van der Waals surface area contributed by atoms with Crippen LogP contribution in [0, 0.1) is 12.8 Å². The van der Waals surface area contributed by atoms with Crippen molar-refractivity contribution in [2.45, 2.75) is 33.1 Å². The molecular formula is C14H22N2OS. The summed E-state index contributed by atoms with van der Waals surface area (Å²) in [4.78, 5) is 16.5. The summed E-state index contributed by atoms with van der Waals surface area (Å²) in [5.74, 6) is 0.687. The van der Waals surface area contributed by atoms with E-state index in [2.05, 4.69) is 19.9 Å². The van der Waals surface area contributed by atoms with Crippen molar-refractivity contribution in [1.82, 2.24) is 4.90 Å². The standard InChI is InChI=1S/C14H22N2OS/c1-3-4-12-7-13(18-10(12)2)14(17)16-6-5-11(8-15)9-16/h7,11H,3-6,8-9,15H2,1-2H3. The first-order valence-electron chi connectivity index (χ1n) is 6.74. The quantitative estimate of drug-likeness (QED) is 0.910. The highest BCUT2D eigenvalue weighted by Crippen LogP contribution is 2.26. The van der Waals surface area contributed by atoms with Crippen LogP contribution in [0.4, 0.5) is 0 Å². The molecule has 0 radical (unpaired) electrons. The molecule has 2 rings (SSSR count). The average Bonchev–Trinajstić information content (AvgIpc) is 2.96. The van der Waals surface area contributed by atoms with Crippen LogP contribution in [0.1, 0.15) is 39.9 Å². The number of nitrogens with zero attached hydrogens (tertiary/aromatic N) is 1. The van der Waals surface area contributed by atoms with E-state index in [1.807, 2.05) is 4.90 Å². The van der Waals surface area contributed by atoms with E-state index in [1.54, 1.807) is 11.3 Å². The Morgan fingerprint density at radius 3 is 3.00 bits per heavy atom. The molecule has 1 aliphatic heterocycles. The van der Waals surface area contributed by atoms with Crippen LogP contribution in [-0.2, 0) is 6.42 Å². The van der Waals surface area contributed by atoms with Gasteiger partial charge >= 0.3 is 0 Å². The molecule has 0 spiro atoms. The molecule has 1 aliphatic rings. The minimum absolute atomic E-state index is 0.196. The third-order valence-corrected chi connectivity index (χ3v) is 4.74. The van der Waals surface area contributed by atoms with E-state index >= 15 is 0 Å². The summed E-state index contributed by atoms with van der Waals surface area (Å²) in [5, 5.41) is 0. The number of nitrogens with two attached hydrogens (primary N) is 1. The van der Waals surface area contributed by atoms with Crippen molar-refractivity contribution >= 4 is 17.2 Å². The monoisotopic (exact) mass is 266 g/mol. The first-order chi connectivity index (χ1) is 8.65. The van der Waals surface area contributed by atoms with Crippen molar-refractivity contribution in [2.24, 2.45) is 11.7 Å². The molecule has 18 heavy (non-hydrogen) atoms. The van der Waals surface area contributed by atoms with Gasteiger partial charge in [0.05, 0.1) is 4.88 Å². The Morgan fingerprint density at radius 1 is 1.61 bits per heavy atom. The second kappa shape index (κ2) is 5.85. The van der Waals surface area contributed by atoms with Crippen LogP contribution in [-0.4, -0.2) is 30.4 Å². The molecule has 1 fully saturated rings. The molecule has 2 N–H and O–H groups in total. The fraction of sp³-hybridized carbons (Fsp3) is 0.643. The molecule has 1 saturated heterocycles. The molecule has 0 aliphatic carbocycles. The Morgan fingerprint density at radius 2 is 2.39 bits per heavy atom. The predicted molar refractivity (Wildman–Crippen MR) is 76.1 cm³/mol. The predicted octanol–water partition coefficient (Wildman–Crippen LogP) is 2.43. The van der Waals surface area contributed by atoms with Crippen molar-refractivity contribution in [3.8, 4) is 0 Å². The van der Waals surface area contributed by atoms with Gasteiger partial charge < -0.3 is 10.6 Å². The summed E-state index contributed by atoms with van der Waals surface area (Å²) < 4.78 is 0. The average molecular weight is 266 g/mol. The largest absolute Gasteiger partial charge is 0.338 e. The fourth-order valence-electron chi connectivity index (χ4n) is 2.51. The summed E-state index contributed by atoms with van der Waals surface area (Å²) in [6.45, 7) is 6.66. The maximum atomic E-state index is 12.4. The lowest BCUT2D eigenvalue weighted by Gasteiger charge is -2.14. The second-order valence-electron chi connectivity index (χ2n) is 5.08. The van der Waals surface area contributed by atoms with E-state index in [-0.39, 0.29) is 5.91 Å². The van der Waals surface area contributed by atoms with Gasteiger partial charge in [-0.3, -0.25) is 4.79 Å². The Balaban J connectivity index is 2.07. The Kier molecular flexibility index (Phi) is 4.40. The zero-order valence-electron chi connectivity index (χ0n) is 11.2. The first-order valence-corrected chi connectivity index (χ1v) is 7.56. The van der Waals surface area contributed by atoms with Crippen molar-refractivity contribution in [2.75, 3.05) is 19.6 Å². The van der Waals surface area contributed by atoms with E-state index in [0.717, 1.165) is 37.2 Å². The lowest BCUT2D eigenvalue weighted by atomic mass is 10.1. The van der Waals surface area contributed by atoms with Crippen molar-refractivity contribution in [1.29, 1.82) is 0 Å². The summed E-state index contributed by atoms with van der Waals surface area (Å²) in [7, 11) is 0. The number of hydrogen-bond acceptors (Lipinski definition) is 3. The lowest BCUT2D eigenvalue weighted by Crippen LogP contribution is -2.29. The zero-order valence-corrected chi connectivity index (χ0v) is 12.1. The smallest absolute Gasteiger partial charge is 0.263 e. The van der Waals surface area contributed by atoms with Crippen molar-refractivity contribution in [3.63, 3.8) is 0 Å². The van der Waals surface area contributed by atoms with Crippen LogP contribution in [0.15, 0.2) is 6.07 Å². The van der Waals surface area contributed by atoms with Crippen LogP contribution in [0.5, 0.6) is 0 Å². The SMILES string of the molecule is CCCc1cc(C(=O)N2CCC(CN)C2)sc1C. The fourth-order valence-corrected chi connectivity index (χ4v) is 3.55. The molecule has 3 nitrogen and oxygen atoms in total. The van der Waals surface area contributed by atoms with E-state index in [9.17, 15) is 4.79 Å². The molecule has 1 amide bonds. The van der Waals surface area contributed by atoms with Crippen molar-refractivity contribution < 1.29 is 4.79 Å². The van der Waals surface area contributed by atoms with E-state index < -0.39 is 0 Å². The minimum Gasteiger partial charge on any atom is -0.338 e. The van der Waals surface area contributed by atoms with E-state index in [4.69, 9.17) is 5.73 Å². The maximum Gasteiger partial charge on any atom is 0.263 e. The number of carbonyl (C=O) groups is 1. The van der Waals surface area contributed by atoms with Gasteiger partial charge in [-0.15, -0.1) is 11.3 Å². The number of thiophene rings is 1. The van der Waals surface area contributed by atoms with Crippen LogP contribution in [0.2, 0.25) is 0 Å². The Labute approximate surface area is 113 Å². The van der Waals surface area contributed by atoms with Crippen LogP contribution in [0.3, 0.4) is 0 Å². The number of amides is 1. The number of carbonyl (C=O) groups excluding carboxylic acids is 1. The van der Waals surface area contributed by atoms with Gasteiger partial charge in [0, 0.05) is 18.0 Å². The van der Waals surface area contributed by atoms with Gasteiger partial charge in [-0.2, -0.15) is 0 Å². The molecule has 0 bridgehead atoms. The van der Waals surface area contributed by atoms with Crippen LogP contribution in [0.25, 0.3) is 0 Å². The molecule has 0 aromatic carbocycles. The molecule has 0 saturated carbocycles. The zero-order chi connectivity index (χ0) is 13.1. The van der Waals surface area contributed by atoms with Gasteiger partial charge in [-0.05, 0) is 43.9 Å². The number of rotatable bonds is 4. The molecule has 2 heterocycles. The third-order valence-electron chi connectivity index (χ3n) is 3.66. The summed E-state index contributed by atoms with van der Waals surface area (Å²) >= 11 is 1.64. The first kappa shape index (κ1) is 13.6. The molecule has 1 unspecified atom stereocenters. The normalized spacial score (nSPS) is 19.5. The molecule has 1 aromatic heterocycles. The molecule has 100 valence electrons. The van der Waals surface area contributed by atoms with Crippen LogP contribution < -0.4 is 5.73 Å². The second-order valence-corrected chi connectivity index (χ2v) is 6.34. The number of aryl methyl sites for hydroxylation is 2. The highest BCUT2D eigenvalue weighted by Gasteiger charge is 2.27. The topological polar surface area (TPSA) is 46.3 Å². The molecule has 4 heteroatoms. The Bertz CT molecular complexity index is 427. The minimum atomic E-state index is 0.196. The highest BCUT2D eigenvalue weighted by molar-refractivity contribution is 7.14. The van der Waals surface area contributed by atoms with Gasteiger partial charge in [0.15, 0.2) is 0 Å². The highest BCUT2D eigenvalue weighted by atomic mass is 32.1. The Hall–Kier alpha value is -0.870. The molecule has 1 atom stereocenters. The van der Waals surface area contributed by atoms with Gasteiger partial charge in [-0.25, -0.2) is 0 Å². The van der Waals surface area contributed by atoms with E-state index in [1.165, 1.54) is 10.4 Å². The maximum absolute atomic E-state index is 12.4. The van der Waals surface area contributed by atoms with Crippen molar-refractivity contribution in [3.05, 3.63) is 21.4 Å². The van der Waals surface area contributed by atoms with Gasteiger partial charge in [-0.1, -0.05) is 13.3 Å².